The molecule has 1 rings (SSSR count). The number of hydrogen-bond donors (Lipinski definition) is 2. The molecule has 94 valence electrons. The fourth-order valence-corrected chi connectivity index (χ4v) is 1.62. The van der Waals surface area contributed by atoms with Crippen molar-refractivity contribution in [2.45, 2.75) is 13.0 Å². The average Bonchev–Trinajstić information content (AvgIpc) is 2.34. The predicted molar refractivity (Wildman–Crippen MR) is 64.3 cm³/mol. The van der Waals surface area contributed by atoms with Crippen LogP contribution in [0.15, 0.2) is 18.2 Å². The molecule has 0 aliphatic rings. The van der Waals surface area contributed by atoms with Crippen molar-refractivity contribution in [1.82, 2.24) is 5.32 Å². The number of aliphatic hydroxyl groups excluding tert-OH is 1. The van der Waals surface area contributed by atoms with Crippen molar-refractivity contribution in [3.63, 3.8) is 0 Å². The molecule has 0 saturated carbocycles. The van der Waals surface area contributed by atoms with Crippen molar-refractivity contribution >= 4 is 11.6 Å². The molecule has 0 fully saturated rings. The molecular formula is C12H17FN2O2. The van der Waals surface area contributed by atoms with Crippen LogP contribution in [0.1, 0.15) is 12.0 Å². The number of anilines is 1. The zero-order valence-electron chi connectivity index (χ0n) is 10.0. The molecule has 2 N–H and O–H groups in total. The molecule has 0 atom stereocenters. The third-order valence-corrected chi connectivity index (χ3v) is 2.58. The summed E-state index contributed by atoms with van der Waals surface area (Å²) in [5.74, 6) is -0.491. The number of aliphatic hydroxyl groups is 1. The SMILES string of the molecule is CNC(=O)CCN(C)c1c(F)cccc1CO. The Balaban J connectivity index is 2.80. The molecule has 0 bridgehead atoms. The van der Waals surface area contributed by atoms with Crippen LogP contribution in [-0.2, 0) is 11.4 Å². The van der Waals surface area contributed by atoms with Gasteiger partial charge in [0, 0.05) is 32.6 Å². The van der Waals surface area contributed by atoms with Gasteiger partial charge in [-0.3, -0.25) is 4.79 Å². The van der Waals surface area contributed by atoms with Crippen LogP contribution in [0.4, 0.5) is 10.1 Å². The molecule has 4 nitrogen and oxygen atoms in total. The van der Waals surface area contributed by atoms with E-state index in [0.29, 0.717) is 17.8 Å². The van der Waals surface area contributed by atoms with Crippen LogP contribution >= 0.6 is 0 Å². The highest BCUT2D eigenvalue weighted by atomic mass is 19.1. The number of amides is 1. The number of carbonyl (C=O) groups excluding carboxylic acids is 1. The molecular weight excluding hydrogens is 223 g/mol. The Morgan fingerprint density at radius 2 is 2.24 bits per heavy atom. The van der Waals surface area contributed by atoms with Crippen molar-refractivity contribution < 1.29 is 14.3 Å². The maximum atomic E-state index is 13.6. The lowest BCUT2D eigenvalue weighted by atomic mass is 10.1. The minimum absolute atomic E-state index is 0.0984. The fourth-order valence-electron chi connectivity index (χ4n) is 1.62. The Kier molecular flexibility index (Phi) is 4.90. The number of nitrogens with one attached hydrogen (secondary N) is 1. The van der Waals surface area contributed by atoms with Crippen LogP contribution in [-0.4, -0.2) is 31.7 Å². The number of hydrogen-bond acceptors (Lipinski definition) is 3. The molecule has 0 heterocycles. The Morgan fingerprint density at radius 3 is 2.82 bits per heavy atom. The summed E-state index contributed by atoms with van der Waals surface area (Å²) >= 11 is 0. The summed E-state index contributed by atoms with van der Waals surface area (Å²) in [5, 5.41) is 11.6. The molecule has 0 saturated heterocycles. The van der Waals surface area contributed by atoms with Crippen LogP contribution in [0.25, 0.3) is 0 Å². The van der Waals surface area contributed by atoms with Gasteiger partial charge in [-0.25, -0.2) is 4.39 Å². The van der Waals surface area contributed by atoms with Gasteiger partial charge in [0.2, 0.25) is 5.91 Å². The van der Waals surface area contributed by atoms with Gasteiger partial charge >= 0.3 is 0 Å². The van der Waals surface area contributed by atoms with Crippen LogP contribution in [0.2, 0.25) is 0 Å². The summed E-state index contributed by atoms with van der Waals surface area (Å²) in [6.07, 6.45) is 0.284. The molecule has 17 heavy (non-hydrogen) atoms. The number of para-hydroxylation sites is 1. The van der Waals surface area contributed by atoms with E-state index in [4.69, 9.17) is 5.11 Å². The lowest BCUT2D eigenvalue weighted by Gasteiger charge is -2.22. The summed E-state index contributed by atoms with van der Waals surface area (Å²) in [7, 11) is 3.26. The molecule has 1 amide bonds. The minimum Gasteiger partial charge on any atom is -0.392 e. The molecule has 0 spiro atoms. The van der Waals surface area contributed by atoms with E-state index in [9.17, 15) is 9.18 Å². The van der Waals surface area contributed by atoms with Gasteiger partial charge in [-0.2, -0.15) is 0 Å². The second-order valence-corrected chi connectivity index (χ2v) is 3.75. The monoisotopic (exact) mass is 240 g/mol. The Morgan fingerprint density at radius 1 is 1.53 bits per heavy atom. The van der Waals surface area contributed by atoms with E-state index >= 15 is 0 Å². The lowest BCUT2D eigenvalue weighted by molar-refractivity contribution is -0.120. The molecule has 0 radical (unpaired) electrons. The lowest BCUT2D eigenvalue weighted by Crippen LogP contribution is -2.27. The summed E-state index contributed by atoms with van der Waals surface area (Å²) in [6.45, 7) is 0.172. The number of nitrogens with zero attached hydrogens (tertiary/aromatic N) is 1. The second-order valence-electron chi connectivity index (χ2n) is 3.75. The van der Waals surface area contributed by atoms with Crippen LogP contribution in [0.3, 0.4) is 0 Å². The topological polar surface area (TPSA) is 52.6 Å². The normalized spacial score (nSPS) is 10.1. The smallest absolute Gasteiger partial charge is 0.221 e. The highest BCUT2D eigenvalue weighted by Crippen LogP contribution is 2.23. The number of rotatable bonds is 5. The maximum Gasteiger partial charge on any atom is 0.221 e. The highest BCUT2D eigenvalue weighted by molar-refractivity contribution is 5.76. The first-order valence-corrected chi connectivity index (χ1v) is 5.40. The number of halogens is 1. The summed E-state index contributed by atoms with van der Waals surface area (Å²) in [5.41, 5.74) is 0.864. The molecule has 1 aromatic rings. The first-order valence-electron chi connectivity index (χ1n) is 5.40. The van der Waals surface area contributed by atoms with E-state index in [1.54, 1.807) is 31.1 Å². The standard InChI is InChI=1S/C12H17FN2O2/c1-14-11(17)6-7-15(2)12-9(8-16)4-3-5-10(12)13/h3-5,16H,6-8H2,1-2H3,(H,14,17). The van der Waals surface area contributed by atoms with Gasteiger partial charge < -0.3 is 15.3 Å². The molecule has 0 aromatic heterocycles. The summed E-state index contributed by atoms with van der Waals surface area (Å²) in [6, 6.07) is 4.55. The van der Waals surface area contributed by atoms with Gasteiger partial charge in [0.15, 0.2) is 0 Å². The minimum atomic E-state index is -0.393. The molecule has 1 aromatic carbocycles. The van der Waals surface area contributed by atoms with E-state index in [-0.39, 0.29) is 18.9 Å². The van der Waals surface area contributed by atoms with Crippen molar-refractivity contribution in [1.29, 1.82) is 0 Å². The average molecular weight is 240 g/mol. The fraction of sp³-hybridized carbons (Fsp3) is 0.417. The van der Waals surface area contributed by atoms with Gasteiger partial charge in [0.1, 0.15) is 5.82 Å². The number of benzene rings is 1. The van der Waals surface area contributed by atoms with Crippen molar-refractivity contribution in [3.05, 3.63) is 29.6 Å². The Bertz CT molecular complexity index is 396. The van der Waals surface area contributed by atoms with E-state index in [1.807, 2.05) is 0 Å². The third kappa shape index (κ3) is 3.42. The van der Waals surface area contributed by atoms with Gasteiger partial charge in [-0.05, 0) is 6.07 Å². The third-order valence-electron chi connectivity index (χ3n) is 2.58. The van der Waals surface area contributed by atoms with Crippen LogP contribution in [0.5, 0.6) is 0 Å². The largest absolute Gasteiger partial charge is 0.392 e. The zero-order chi connectivity index (χ0) is 12.8. The maximum absolute atomic E-state index is 13.6. The van der Waals surface area contributed by atoms with Crippen molar-refractivity contribution in [2.24, 2.45) is 0 Å². The highest BCUT2D eigenvalue weighted by Gasteiger charge is 2.13. The van der Waals surface area contributed by atoms with Crippen molar-refractivity contribution in [2.75, 3.05) is 25.5 Å². The van der Waals surface area contributed by atoms with E-state index in [0.717, 1.165) is 0 Å². The Labute approximate surface area is 100 Å². The zero-order valence-corrected chi connectivity index (χ0v) is 10.0. The summed E-state index contributed by atoms with van der Waals surface area (Å²) in [4.78, 5) is 12.7. The second kappa shape index (κ2) is 6.20. The molecule has 0 aliphatic heterocycles. The van der Waals surface area contributed by atoms with Gasteiger partial charge in [-0.1, -0.05) is 12.1 Å². The summed E-state index contributed by atoms with van der Waals surface area (Å²) < 4.78 is 13.6. The predicted octanol–water partition coefficient (Wildman–Crippen LogP) is 0.890. The molecule has 0 aliphatic carbocycles. The van der Waals surface area contributed by atoms with E-state index < -0.39 is 5.82 Å². The van der Waals surface area contributed by atoms with Crippen LogP contribution in [0, 0.1) is 5.82 Å². The quantitative estimate of drug-likeness (QED) is 0.803. The Hall–Kier alpha value is -1.62. The van der Waals surface area contributed by atoms with E-state index in [2.05, 4.69) is 5.32 Å². The van der Waals surface area contributed by atoms with Gasteiger partial charge in [0.25, 0.3) is 0 Å². The number of carbonyl (C=O) groups is 1. The molecule has 0 unspecified atom stereocenters. The van der Waals surface area contributed by atoms with E-state index in [1.165, 1.54) is 6.07 Å². The van der Waals surface area contributed by atoms with Crippen LogP contribution < -0.4 is 10.2 Å². The van der Waals surface area contributed by atoms with Gasteiger partial charge in [-0.15, -0.1) is 0 Å². The van der Waals surface area contributed by atoms with Gasteiger partial charge in [0.05, 0.1) is 12.3 Å². The molecule has 5 heteroatoms. The first kappa shape index (κ1) is 13.4. The first-order chi connectivity index (χ1) is 8.10. The van der Waals surface area contributed by atoms with Crippen molar-refractivity contribution in [3.8, 4) is 0 Å².